The summed E-state index contributed by atoms with van der Waals surface area (Å²) < 4.78 is 5.32. The Morgan fingerprint density at radius 1 is 1.11 bits per heavy atom. The van der Waals surface area contributed by atoms with E-state index in [0.717, 1.165) is 21.9 Å². The SMILES string of the molecule is COc1cc(Cl)c(C)cc1NC(=O)c1cc(-c2cccc3ccccc23)n[nH]1. The Morgan fingerprint density at radius 2 is 1.89 bits per heavy atom. The molecule has 0 saturated carbocycles. The van der Waals surface area contributed by atoms with Gasteiger partial charge in [-0.2, -0.15) is 5.10 Å². The van der Waals surface area contributed by atoms with E-state index in [9.17, 15) is 4.79 Å². The molecule has 0 atom stereocenters. The third-order valence-corrected chi connectivity index (χ3v) is 5.02. The van der Waals surface area contributed by atoms with Crippen LogP contribution < -0.4 is 10.1 Å². The second kappa shape index (κ2) is 7.37. The largest absolute Gasteiger partial charge is 0.495 e. The van der Waals surface area contributed by atoms with Crippen molar-refractivity contribution in [2.45, 2.75) is 6.92 Å². The lowest BCUT2D eigenvalue weighted by molar-refractivity contribution is 0.102. The fourth-order valence-corrected chi connectivity index (χ4v) is 3.30. The van der Waals surface area contributed by atoms with Gasteiger partial charge >= 0.3 is 0 Å². The molecule has 0 fully saturated rings. The quantitative estimate of drug-likeness (QED) is 0.486. The number of nitrogens with zero attached hydrogens (tertiary/aromatic N) is 1. The number of amides is 1. The van der Waals surface area contributed by atoms with Crippen LogP contribution in [0.25, 0.3) is 22.0 Å². The van der Waals surface area contributed by atoms with Gasteiger partial charge in [-0.25, -0.2) is 0 Å². The standard InChI is InChI=1S/C22H18ClN3O2/c1-13-10-19(21(28-2)11-17(13)23)24-22(27)20-12-18(25-26-20)16-9-5-7-14-6-3-4-8-15(14)16/h3-12H,1-2H3,(H,24,27)(H,25,26). The number of benzene rings is 3. The first kappa shape index (κ1) is 18.1. The van der Waals surface area contributed by atoms with E-state index in [0.29, 0.717) is 27.8 Å². The summed E-state index contributed by atoms with van der Waals surface area (Å²) in [5, 5.41) is 12.8. The average molecular weight is 392 g/mol. The normalized spacial score (nSPS) is 10.8. The molecule has 0 aliphatic carbocycles. The Hall–Kier alpha value is -3.31. The van der Waals surface area contributed by atoms with Crippen molar-refractivity contribution >= 4 is 34.0 Å². The fourth-order valence-electron chi connectivity index (χ4n) is 3.14. The van der Waals surface area contributed by atoms with Crippen LogP contribution in [0.1, 0.15) is 16.1 Å². The van der Waals surface area contributed by atoms with Crippen LogP contribution in [-0.2, 0) is 0 Å². The second-order valence-electron chi connectivity index (χ2n) is 6.45. The summed E-state index contributed by atoms with van der Waals surface area (Å²) in [4.78, 5) is 12.7. The van der Waals surface area contributed by atoms with Crippen LogP contribution in [0.2, 0.25) is 5.02 Å². The van der Waals surface area contributed by atoms with Crippen LogP contribution in [0.4, 0.5) is 5.69 Å². The number of aromatic nitrogens is 2. The first-order valence-electron chi connectivity index (χ1n) is 8.76. The molecule has 5 nitrogen and oxygen atoms in total. The van der Waals surface area contributed by atoms with Crippen molar-refractivity contribution in [3.05, 3.63) is 76.9 Å². The lowest BCUT2D eigenvalue weighted by Crippen LogP contribution is -2.13. The van der Waals surface area contributed by atoms with Gasteiger partial charge in [0.1, 0.15) is 11.4 Å². The molecule has 0 aliphatic rings. The molecule has 1 aromatic heterocycles. The zero-order valence-corrected chi connectivity index (χ0v) is 16.2. The van der Waals surface area contributed by atoms with E-state index in [1.807, 2.05) is 49.4 Å². The number of H-pyrrole nitrogens is 1. The lowest BCUT2D eigenvalue weighted by Gasteiger charge is -2.11. The average Bonchev–Trinajstić information content (AvgIpc) is 3.20. The number of nitrogens with one attached hydrogen (secondary N) is 2. The van der Waals surface area contributed by atoms with Crippen molar-refractivity contribution in [3.8, 4) is 17.0 Å². The predicted octanol–water partition coefficient (Wildman–Crippen LogP) is 5.45. The van der Waals surface area contributed by atoms with Crippen LogP contribution in [0.15, 0.2) is 60.7 Å². The molecule has 0 radical (unpaired) electrons. The molecule has 0 spiro atoms. The molecule has 1 amide bonds. The van der Waals surface area contributed by atoms with Gasteiger partial charge in [-0.05, 0) is 35.4 Å². The summed E-state index contributed by atoms with van der Waals surface area (Å²) in [5.41, 5.74) is 3.43. The van der Waals surface area contributed by atoms with Crippen molar-refractivity contribution in [3.63, 3.8) is 0 Å². The maximum absolute atomic E-state index is 12.7. The van der Waals surface area contributed by atoms with Crippen molar-refractivity contribution in [1.82, 2.24) is 10.2 Å². The molecule has 0 aliphatic heterocycles. The molecular formula is C22H18ClN3O2. The van der Waals surface area contributed by atoms with Crippen molar-refractivity contribution in [1.29, 1.82) is 0 Å². The molecule has 4 aromatic rings. The van der Waals surface area contributed by atoms with Gasteiger partial charge in [0.05, 0.1) is 18.5 Å². The highest BCUT2D eigenvalue weighted by molar-refractivity contribution is 6.31. The number of ether oxygens (including phenoxy) is 1. The van der Waals surface area contributed by atoms with E-state index in [1.165, 1.54) is 7.11 Å². The van der Waals surface area contributed by atoms with E-state index in [1.54, 1.807) is 18.2 Å². The summed E-state index contributed by atoms with van der Waals surface area (Å²) in [5.74, 6) is 0.191. The van der Waals surface area contributed by atoms with Crippen molar-refractivity contribution in [2.24, 2.45) is 0 Å². The number of carbonyl (C=O) groups is 1. The number of rotatable bonds is 4. The molecule has 0 saturated heterocycles. The van der Waals surface area contributed by atoms with E-state index in [4.69, 9.17) is 16.3 Å². The Bertz CT molecular complexity index is 1180. The molecular weight excluding hydrogens is 374 g/mol. The highest BCUT2D eigenvalue weighted by atomic mass is 35.5. The van der Waals surface area contributed by atoms with Gasteiger partial charge < -0.3 is 10.1 Å². The molecule has 0 unspecified atom stereocenters. The second-order valence-corrected chi connectivity index (χ2v) is 6.86. The number of carbonyl (C=O) groups excluding carboxylic acids is 1. The minimum absolute atomic E-state index is 0.306. The third-order valence-electron chi connectivity index (χ3n) is 4.62. The Balaban J connectivity index is 1.65. The zero-order chi connectivity index (χ0) is 19.7. The summed E-state index contributed by atoms with van der Waals surface area (Å²) >= 11 is 6.13. The Morgan fingerprint density at radius 3 is 2.71 bits per heavy atom. The monoisotopic (exact) mass is 391 g/mol. The Labute approximate surface area is 167 Å². The number of anilines is 1. The van der Waals surface area contributed by atoms with Gasteiger partial charge in [-0.15, -0.1) is 0 Å². The third kappa shape index (κ3) is 3.32. The van der Waals surface area contributed by atoms with Crippen molar-refractivity contribution < 1.29 is 9.53 Å². The number of aryl methyl sites for hydroxylation is 1. The summed E-state index contributed by atoms with van der Waals surface area (Å²) in [6.45, 7) is 1.87. The van der Waals surface area contributed by atoms with Gasteiger partial charge in [0.25, 0.3) is 5.91 Å². The topological polar surface area (TPSA) is 67.0 Å². The Kier molecular flexibility index (Phi) is 4.75. The summed E-state index contributed by atoms with van der Waals surface area (Å²) in [6, 6.07) is 19.3. The van der Waals surface area contributed by atoms with Crippen LogP contribution in [-0.4, -0.2) is 23.2 Å². The minimum Gasteiger partial charge on any atom is -0.495 e. The number of hydrogen-bond acceptors (Lipinski definition) is 3. The van der Waals surface area contributed by atoms with Gasteiger partial charge in [0.2, 0.25) is 0 Å². The van der Waals surface area contributed by atoms with E-state index in [-0.39, 0.29) is 5.91 Å². The number of aromatic amines is 1. The molecule has 28 heavy (non-hydrogen) atoms. The van der Waals surface area contributed by atoms with Gasteiger partial charge in [-0.3, -0.25) is 9.89 Å². The summed E-state index contributed by atoms with van der Waals surface area (Å²) in [6.07, 6.45) is 0. The summed E-state index contributed by atoms with van der Waals surface area (Å²) in [7, 11) is 1.53. The smallest absolute Gasteiger partial charge is 0.273 e. The molecule has 140 valence electrons. The number of halogens is 1. The first-order chi connectivity index (χ1) is 13.6. The van der Waals surface area contributed by atoms with Crippen LogP contribution >= 0.6 is 11.6 Å². The number of methoxy groups -OCH3 is 1. The maximum Gasteiger partial charge on any atom is 0.273 e. The molecule has 4 rings (SSSR count). The highest BCUT2D eigenvalue weighted by Crippen LogP contribution is 2.32. The number of hydrogen-bond donors (Lipinski definition) is 2. The zero-order valence-electron chi connectivity index (χ0n) is 15.4. The number of fused-ring (bicyclic) bond motifs is 1. The molecule has 6 heteroatoms. The van der Waals surface area contributed by atoms with Crippen LogP contribution in [0.3, 0.4) is 0 Å². The van der Waals surface area contributed by atoms with Crippen LogP contribution in [0, 0.1) is 6.92 Å². The minimum atomic E-state index is -0.306. The van der Waals surface area contributed by atoms with E-state index in [2.05, 4.69) is 15.5 Å². The molecule has 2 N–H and O–H groups in total. The fraction of sp³-hybridized carbons (Fsp3) is 0.0909. The van der Waals surface area contributed by atoms with Gasteiger partial charge in [-0.1, -0.05) is 54.1 Å². The van der Waals surface area contributed by atoms with Gasteiger partial charge in [0.15, 0.2) is 0 Å². The molecule has 0 bridgehead atoms. The van der Waals surface area contributed by atoms with E-state index >= 15 is 0 Å². The highest BCUT2D eigenvalue weighted by Gasteiger charge is 2.15. The predicted molar refractivity (Wildman–Crippen MR) is 112 cm³/mol. The molecule has 1 heterocycles. The maximum atomic E-state index is 12.7. The van der Waals surface area contributed by atoms with E-state index < -0.39 is 0 Å². The first-order valence-corrected chi connectivity index (χ1v) is 9.13. The van der Waals surface area contributed by atoms with Crippen molar-refractivity contribution in [2.75, 3.05) is 12.4 Å². The molecule has 3 aromatic carbocycles. The van der Waals surface area contributed by atoms with Crippen LogP contribution in [0.5, 0.6) is 5.75 Å². The van der Waals surface area contributed by atoms with Gasteiger partial charge in [0, 0.05) is 16.7 Å². The lowest BCUT2D eigenvalue weighted by atomic mass is 10.0.